The number of aliphatic hydroxyl groups excluding tert-OH is 1. The summed E-state index contributed by atoms with van der Waals surface area (Å²) in [7, 11) is 2.20. The predicted octanol–water partition coefficient (Wildman–Crippen LogP) is 0.950. The molecule has 2 aliphatic heterocycles. The maximum absolute atomic E-state index is 10.6. The highest BCUT2D eigenvalue weighted by atomic mass is 16.5. The first-order valence-electron chi connectivity index (χ1n) is 7.75. The van der Waals surface area contributed by atoms with Crippen molar-refractivity contribution in [2.45, 2.75) is 42.5 Å². The van der Waals surface area contributed by atoms with Gasteiger partial charge in [0, 0.05) is 29.0 Å². The second kappa shape index (κ2) is 2.99. The molecule has 1 saturated heterocycles. The van der Waals surface area contributed by atoms with Gasteiger partial charge in [-0.2, -0.15) is 0 Å². The van der Waals surface area contributed by atoms with Crippen LogP contribution in [0.15, 0.2) is 23.8 Å². The number of nitrogens with zero attached hydrogens (tertiary/aromatic N) is 1. The summed E-state index contributed by atoms with van der Waals surface area (Å²) in [4.78, 5) is 2.47. The van der Waals surface area contributed by atoms with Crippen LogP contribution in [0.5, 0.6) is 11.5 Å². The van der Waals surface area contributed by atoms with Gasteiger partial charge in [0.25, 0.3) is 0 Å². The Hall–Kier alpha value is -1.52. The minimum absolute atomic E-state index is 0.104. The topological polar surface area (TPSA) is 52.9 Å². The van der Waals surface area contributed by atoms with Gasteiger partial charge >= 0.3 is 0 Å². The van der Waals surface area contributed by atoms with Gasteiger partial charge in [-0.05, 0) is 31.5 Å². The van der Waals surface area contributed by atoms with Crippen molar-refractivity contribution < 1.29 is 14.9 Å². The van der Waals surface area contributed by atoms with E-state index in [-0.39, 0.29) is 17.3 Å². The highest BCUT2D eigenvalue weighted by molar-refractivity contribution is 5.64. The molecule has 1 aromatic carbocycles. The van der Waals surface area contributed by atoms with E-state index in [1.807, 2.05) is 6.08 Å². The summed E-state index contributed by atoms with van der Waals surface area (Å²) < 4.78 is 6.11. The monoisotopic (exact) mass is 283 g/mol. The second-order valence-electron chi connectivity index (χ2n) is 7.34. The normalized spacial score (nSPS) is 47.5. The van der Waals surface area contributed by atoms with Crippen molar-refractivity contribution in [3.05, 3.63) is 34.9 Å². The molecule has 5 aliphatic rings. The number of likely N-dealkylation sites (tertiary alicyclic amines) is 1. The van der Waals surface area contributed by atoms with Crippen molar-refractivity contribution in [1.29, 1.82) is 0 Å². The number of aromatic hydroxyl groups is 1. The number of likely N-dealkylation sites (N-methyl/N-ethyl adjacent to an activating group) is 1. The molecule has 21 heavy (non-hydrogen) atoms. The van der Waals surface area contributed by atoms with Crippen molar-refractivity contribution >= 4 is 0 Å². The quantitative estimate of drug-likeness (QED) is 0.696. The van der Waals surface area contributed by atoms with Gasteiger partial charge in [-0.1, -0.05) is 17.7 Å². The molecule has 6 atom stereocenters. The molecule has 0 amide bonds. The number of rotatable bonds is 0. The summed E-state index contributed by atoms with van der Waals surface area (Å²) in [6.07, 6.45) is 3.23. The van der Waals surface area contributed by atoms with Gasteiger partial charge in [0.15, 0.2) is 11.5 Å². The number of aliphatic hydroxyl groups is 1. The summed E-state index contributed by atoms with van der Waals surface area (Å²) >= 11 is 0. The molecule has 1 aromatic rings. The minimum atomic E-state index is -0.564. The molecule has 1 unspecified atom stereocenters. The Morgan fingerprint density at radius 1 is 1.38 bits per heavy atom. The fourth-order valence-corrected chi connectivity index (χ4v) is 6.17. The van der Waals surface area contributed by atoms with Crippen LogP contribution >= 0.6 is 0 Å². The molecule has 2 bridgehead atoms. The molecule has 108 valence electrons. The van der Waals surface area contributed by atoms with Gasteiger partial charge < -0.3 is 14.9 Å². The molecular weight excluding hydrogens is 266 g/mol. The van der Waals surface area contributed by atoms with Gasteiger partial charge in [-0.15, -0.1) is 0 Å². The molecule has 2 fully saturated rings. The Kier molecular flexibility index (Phi) is 1.58. The van der Waals surface area contributed by atoms with E-state index in [9.17, 15) is 10.2 Å². The average molecular weight is 283 g/mol. The Labute approximate surface area is 122 Å². The zero-order chi connectivity index (χ0) is 14.1. The van der Waals surface area contributed by atoms with Crippen molar-refractivity contribution in [2.24, 2.45) is 5.92 Å². The molecular formula is C17H17NO3. The Balaban J connectivity index is 1.73. The lowest BCUT2D eigenvalue weighted by Crippen LogP contribution is -2.68. The zero-order valence-corrected chi connectivity index (χ0v) is 11.8. The van der Waals surface area contributed by atoms with Gasteiger partial charge in [0.05, 0.1) is 0 Å². The van der Waals surface area contributed by atoms with Crippen molar-refractivity contribution in [2.75, 3.05) is 7.05 Å². The van der Waals surface area contributed by atoms with Crippen LogP contribution in [-0.4, -0.2) is 46.5 Å². The van der Waals surface area contributed by atoms with Gasteiger partial charge in [-0.25, -0.2) is 0 Å². The maximum atomic E-state index is 10.6. The lowest BCUT2D eigenvalue weighted by Gasteiger charge is -2.58. The van der Waals surface area contributed by atoms with E-state index in [2.05, 4.69) is 18.0 Å². The molecule has 6 rings (SSSR count). The van der Waals surface area contributed by atoms with Crippen LogP contribution in [0.4, 0.5) is 0 Å². The summed E-state index contributed by atoms with van der Waals surface area (Å²) in [6.45, 7) is 0. The fourth-order valence-electron chi connectivity index (χ4n) is 6.17. The zero-order valence-electron chi connectivity index (χ0n) is 11.8. The van der Waals surface area contributed by atoms with Crippen molar-refractivity contribution in [1.82, 2.24) is 4.90 Å². The molecule has 0 radical (unpaired) electrons. The van der Waals surface area contributed by atoms with E-state index < -0.39 is 6.10 Å². The molecule has 4 nitrogen and oxygen atoms in total. The third-order valence-electron chi connectivity index (χ3n) is 6.75. The predicted molar refractivity (Wildman–Crippen MR) is 75.4 cm³/mol. The van der Waals surface area contributed by atoms with E-state index in [4.69, 9.17) is 4.74 Å². The largest absolute Gasteiger partial charge is 0.504 e. The van der Waals surface area contributed by atoms with Crippen molar-refractivity contribution in [3.8, 4) is 11.5 Å². The summed E-state index contributed by atoms with van der Waals surface area (Å²) in [5.74, 6) is 1.40. The summed E-state index contributed by atoms with van der Waals surface area (Å²) in [5, 5.41) is 20.8. The first kappa shape index (κ1) is 11.1. The average Bonchev–Trinajstić information content (AvgIpc) is 2.94. The Morgan fingerprint density at radius 2 is 2.24 bits per heavy atom. The SMILES string of the molecule is CN1C2C3=C[C@H](O)[C@@H]4Oc5c(O)ccc6c5[C@]4(C3)[C@@H]2[C@H]1C6. The van der Waals surface area contributed by atoms with E-state index in [0.717, 1.165) is 12.8 Å². The smallest absolute Gasteiger partial charge is 0.165 e. The number of hydrogen-bond acceptors (Lipinski definition) is 4. The minimum Gasteiger partial charge on any atom is -0.504 e. The van der Waals surface area contributed by atoms with Crippen LogP contribution in [0, 0.1) is 5.92 Å². The lowest BCUT2D eigenvalue weighted by molar-refractivity contribution is -0.0738. The number of hydrogen-bond donors (Lipinski definition) is 2. The van der Waals surface area contributed by atoms with Crippen LogP contribution in [0.25, 0.3) is 0 Å². The summed E-state index contributed by atoms with van der Waals surface area (Å²) in [5.41, 5.74) is 3.77. The van der Waals surface area contributed by atoms with Gasteiger partial charge in [0.1, 0.15) is 12.2 Å². The number of benzene rings is 1. The van der Waals surface area contributed by atoms with Crippen LogP contribution in [0.1, 0.15) is 17.5 Å². The second-order valence-corrected chi connectivity index (χ2v) is 7.34. The van der Waals surface area contributed by atoms with Crippen LogP contribution in [0.3, 0.4) is 0 Å². The maximum Gasteiger partial charge on any atom is 0.165 e. The van der Waals surface area contributed by atoms with E-state index >= 15 is 0 Å². The number of fused-ring (bicyclic) bond motifs is 2. The number of ether oxygens (including phenoxy) is 1. The van der Waals surface area contributed by atoms with Crippen molar-refractivity contribution in [3.63, 3.8) is 0 Å². The molecule has 1 spiro atoms. The fraction of sp³-hybridized carbons (Fsp3) is 0.529. The van der Waals surface area contributed by atoms with E-state index in [1.165, 1.54) is 16.7 Å². The third kappa shape index (κ3) is 0.905. The number of phenols is 1. The number of phenolic OH excluding ortho intramolecular Hbond substituents is 1. The first-order chi connectivity index (χ1) is 10.1. The molecule has 0 aromatic heterocycles. The molecule has 4 heteroatoms. The van der Waals surface area contributed by atoms with Gasteiger partial charge in [0.2, 0.25) is 0 Å². The summed E-state index contributed by atoms with van der Waals surface area (Å²) in [6, 6.07) is 4.79. The molecule has 2 heterocycles. The molecule has 1 saturated carbocycles. The van der Waals surface area contributed by atoms with Crippen LogP contribution in [-0.2, 0) is 11.8 Å². The Bertz CT molecular complexity index is 742. The van der Waals surface area contributed by atoms with Crippen LogP contribution < -0.4 is 4.74 Å². The highest BCUT2D eigenvalue weighted by Gasteiger charge is 2.74. The van der Waals surface area contributed by atoms with Crippen LogP contribution in [0.2, 0.25) is 0 Å². The highest BCUT2D eigenvalue weighted by Crippen LogP contribution is 2.70. The first-order valence-corrected chi connectivity index (χ1v) is 7.75. The van der Waals surface area contributed by atoms with Gasteiger partial charge in [-0.3, -0.25) is 4.90 Å². The lowest BCUT2D eigenvalue weighted by atomic mass is 9.56. The molecule has 2 N–H and O–H groups in total. The standard InChI is InChI=1S/C17H17NO3/c1-18-9-4-7-2-3-10(19)15-12(7)17-6-8(14(18)13(9)17)5-11(20)16(17)21-15/h2-3,5,9,11,13-14,16,19-20H,4,6H2,1H3/t9-,11+,13-,14?,16+,17-/m1/s1. The van der Waals surface area contributed by atoms with E-state index in [1.54, 1.807) is 6.07 Å². The Morgan fingerprint density at radius 3 is 3.10 bits per heavy atom. The third-order valence-corrected chi connectivity index (χ3v) is 6.75. The van der Waals surface area contributed by atoms with E-state index in [0.29, 0.717) is 23.8 Å². The molecule has 3 aliphatic carbocycles.